The van der Waals surface area contributed by atoms with Crippen LogP contribution in [0.4, 0.5) is 17.1 Å². The summed E-state index contributed by atoms with van der Waals surface area (Å²) in [4.78, 5) is 1.83. The summed E-state index contributed by atoms with van der Waals surface area (Å²) >= 11 is 0. The molecular weight excluding hydrogens is 1120 g/mol. The van der Waals surface area contributed by atoms with Crippen LogP contribution in [0.2, 0.25) is 0 Å². The molecule has 0 atom stereocenters. The first-order valence-electron chi connectivity index (χ1n) is 41.8. The monoisotopic (exact) mass is 1210 g/mol. The first-order valence-corrected chi connectivity index (χ1v) is 30.8. The van der Waals surface area contributed by atoms with Crippen LogP contribution < -0.4 is 21.3 Å². The van der Waals surface area contributed by atoms with Gasteiger partial charge in [-0.3, -0.25) is 0 Å². The third-order valence-corrected chi connectivity index (χ3v) is 18.5. The van der Waals surface area contributed by atoms with Crippen LogP contribution in [0.15, 0.2) is 315 Å². The van der Waals surface area contributed by atoms with Gasteiger partial charge in [-0.15, -0.1) is 0 Å². The lowest BCUT2D eigenvalue weighted by atomic mass is 9.33. The van der Waals surface area contributed by atoms with Gasteiger partial charge in [0, 0.05) is 71.8 Å². The predicted molar refractivity (Wildman–Crippen MR) is 396 cm³/mol. The summed E-state index contributed by atoms with van der Waals surface area (Å²) in [5.41, 5.74) is 1.69. The van der Waals surface area contributed by atoms with Crippen LogP contribution in [0.1, 0.15) is 56.5 Å². The SMILES string of the molecule is [2H]c1c(-n2c3c([2H])c([2H])c([2H])c([2H])c3c3c([2H])c([2H])c([2H])c([2H])c32)cc2c(c1[2H])B1c3c(c([2H])c(C(C)(C)C)c([2H])c3-n3c4c(-c5ccccc5)cccc4c4ccccc4c4ccccc4c4c(-n5c6c([2H])c([2H])c([2H])c([2H])c6c6c([2H])c([2H])c([2H])c([2H])c65)c([2H])c([2H])c1c43)N2c1c(-c2ccccc2)cccc1-c1ccccc1. The Morgan fingerprint density at radius 2 is 0.774 bits per heavy atom. The Bertz CT molecular complexity index is 7210. The van der Waals surface area contributed by atoms with E-state index in [9.17, 15) is 27.4 Å². The Morgan fingerprint density at radius 1 is 0.333 bits per heavy atom. The molecule has 2 aliphatic rings. The van der Waals surface area contributed by atoms with Crippen LogP contribution in [-0.4, -0.2) is 20.4 Å². The molecule has 0 spiro atoms. The zero-order chi connectivity index (χ0) is 80.8. The molecule has 0 unspecified atom stereocenters. The van der Waals surface area contributed by atoms with Gasteiger partial charge in [0.25, 0.3) is 6.71 Å². The lowest BCUT2D eigenvalue weighted by molar-refractivity contribution is 0.590. The third-order valence-electron chi connectivity index (χ3n) is 18.5. The van der Waals surface area contributed by atoms with E-state index >= 15 is 0 Å². The van der Waals surface area contributed by atoms with E-state index in [-0.39, 0.29) is 117 Å². The minimum absolute atomic E-state index is 0.00983. The molecule has 0 saturated heterocycles. The Labute approximate surface area is 571 Å². The molecule has 0 amide bonds. The second-order valence-electron chi connectivity index (χ2n) is 24.6. The van der Waals surface area contributed by atoms with Crippen molar-refractivity contribution in [1.82, 2.24) is 13.7 Å². The Hall–Kier alpha value is -11.7. The van der Waals surface area contributed by atoms with Crippen molar-refractivity contribution >= 4 is 127 Å². The molecule has 19 rings (SSSR count). The van der Waals surface area contributed by atoms with Crippen molar-refractivity contribution in [2.75, 3.05) is 4.90 Å². The van der Waals surface area contributed by atoms with Crippen LogP contribution in [0, 0.1) is 0 Å². The van der Waals surface area contributed by atoms with Gasteiger partial charge in [-0.1, -0.05) is 281 Å². The molecule has 0 fully saturated rings. The average Bonchev–Trinajstić information content (AvgIpc) is 1.20. The van der Waals surface area contributed by atoms with Gasteiger partial charge < -0.3 is 18.6 Å². The standard InChI is InChI=1S/C88H61BN4/c1-88(2,3)59-53-81-84-82(54-59)93-86-63(58-31-11-6-12-32-58)43-26-44-72(86)66-35-14-13-33-64(66)65-34-15-16-40-71(65)83-79(91-77-47-23-19-38-69(77)70-39-20-24-48-78(70)91)52-51-74(87(83)93)89(84)73-50-49-60(90-75-45-21-17-36-67(75)68-37-18-22-46-76(68)90)55-80(73)92(81)85-61(56-27-7-4-8-28-56)41-25-42-62(85)57-29-9-5-10-30-57/h4-55H,1-3H3/i17D,18D,19D,20D,21D,22D,23D,24D,36D,37D,38D,39D,45D,46D,47D,48D,49D,50D,51D,52D,53D,54D. The van der Waals surface area contributed by atoms with Gasteiger partial charge in [-0.25, -0.2) is 0 Å². The Balaban J connectivity index is 1.16. The molecule has 3 aromatic heterocycles. The smallest absolute Gasteiger partial charge is 0.252 e. The molecule has 436 valence electrons. The second-order valence-corrected chi connectivity index (χ2v) is 24.6. The number of para-hydroxylation sites is 6. The highest BCUT2D eigenvalue weighted by Crippen LogP contribution is 2.51. The van der Waals surface area contributed by atoms with Crippen LogP contribution in [0.25, 0.3) is 137 Å². The quantitative estimate of drug-likeness (QED) is 0.152. The van der Waals surface area contributed by atoms with Gasteiger partial charge >= 0.3 is 0 Å². The first-order chi connectivity index (χ1) is 55.0. The molecule has 0 bridgehead atoms. The molecular formula is C88H61BN4. The Kier molecular flexibility index (Phi) is 7.83. The van der Waals surface area contributed by atoms with Crippen molar-refractivity contribution < 1.29 is 30.2 Å². The predicted octanol–water partition coefficient (Wildman–Crippen LogP) is 21.3. The molecule has 0 N–H and O–H groups in total. The largest absolute Gasteiger partial charge is 0.310 e. The molecule has 5 heteroatoms. The van der Waals surface area contributed by atoms with E-state index in [1.54, 1.807) is 12.1 Å². The summed E-state index contributed by atoms with van der Waals surface area (Å²) in [6.45, 7) is 4.00. The zero-order valence-corrected chi connectivity index (χ0v) is 50.2. The highest BCUT2D eigenvalue weighted by molar-refractivity contribution is 7.00. The number of nitrogens with zero attached hydrogens (tertiary/aromatic N) is 4. The van der Waals surface area contributed by atoms with Crippen LogP contribution in [-0.2, 0) is 5.41 Å². The minimum Gasteiger partial charge on any atom is -0.310 e. The lowest BCUT2D eigenvalue weighted by Crippen LogP contribution is -2.60. The fraction of sp³-hybridized carbons (Fsp3) is 0.0455. The number of hydrogen-bond acceptors (Lipinski definition) is 1. The number of anilines is 3. The molecule has 0 aliphatic carbocycles. The van der Waals surface area contributed by atoms with Crippen molar-refractivity contribution in [3.8, 4) is 50.4 Å². The maximum absolute atomic E-state index is 11.6. The summed E-state index contributed by atoms with van der Waals surface area (Å²) < 4.78 is 225. The van der Waals surface area contributed by atoms with E-state index in [0.29, 0.717) is 71.5 Å². The van der Waals surface area contributed by atoms with Crippen molar-refractivity contribution in [2.24, 2.45) is 0 Å². The first kappa shape index (κ1) is 35.7. The summed E-state index contributed by atoms with van der Waals surface area (Å²) in [6, 6.07) is 42.4. The normalized spacial score (nSPS) is 15.9. The van der Waals surface area contributed by atoms with Crippen LogP contribution in [0.5, 0.6) is 0 Å². The van der Waals surface area contributed by atoms with Gasteiger partial charge in [0.15, 0.2) is 0 Å². The minimum atomic E-state index is -1.66. The zero-order valence-electron chi connectivity index (χ0n) is 72.2. The molecule has 93 heavy (non-hydrogen) atoms. The van der Waals surface area contributed by atoms with Crippen molar-refractivity contribution in [2.45, 2.75) is 26.2 Å². The fourth-order valence-electron chi connectivity index (χ4n) is 14.5. The number of fused-ring (bicyclic) bond motifs is 17. The number of hydrogen-bond donors (Lipinski definition) is 0. The fourth-order valence-corrected chi connectivity index (χ4v) is 14.5. The summed E-state index contributed by atoms with van der Waals surface area (Å²) in [6.07, 6.45) is 0. The highest BCUT2D eigenvalue weighted by Gasteiger charge is 2.44. The lowest BCUT2D eigenvalue weighted by Gasteiger charge is -2.43. The molecule has 0 radical (unpaired) electrons. The summed E-state index contributed by atoms with van der Waals surface area (Å²) in [7, 11) is 0. The van der Waals surface area contributed by atoms with Crippen molar-refractivity contribution in [3.05, 3.63) is 320 Å². The molecule has 4 nitrogen and oxygen atoms in total. The maximum Gasteiger partial charge on any atom is 0.252 e. The van der Waals surface area contributed by atoms with Crippen molar-refractivity contribution in [3.63, 3.8) is 0 Å². The third kappa shape index (κ3) is 7.87. The topological polar surface area (TPSA) is 18.0 Å². The molecule has 0 saturated carbocycles. The average molecular weight is 1210 g/mol. The maximum atomic E-state index is 11.6. The molecule has 5 heterocycles. The van der Waals surface area contributed by atoms with Gasteiger partial charge in [-0.05, 0) is 120 Å². The summed E-state index contributed by atoms with van der Waals surface area (Å²) in [5, 5.41) is 1.52. The molecule has 14 aromatic carbocycles. The van der Waals surface area contributed by atoms with Gasteiger partial charge in [0.05, 0.1) is 74.6 Å². The van der Waals surface area contributed by atoms with Gasteiger partial charge in [-0.2, -0.15) is 0 Å². The van der Waals surface area contributed by atoms with E-state index in [1.165, 1.54) is 15.2 Å². The van der Waals surface area contributed by atoms with Crippen LogP contribution in [0.3, 0.4) is 0 Å². The van der Waals surface area contributed by atoms with E-state index < -0.39 is 133 Å². The number of benzene rings is 14. The number of aromatic nitrogens is 3. The van der Waals surface area contributed by atoms with E-state index in [2.05, 4.69) is 0 Å². The van der Waals surface area contributed by atoms with E-state index in [4.69, 9.17) is 2.74 Å². The Morgan fingerprint density at radius 3 is 1.33 bits per heavy atom. The van der Waals surface area contributed by atoms with E-state index in [1.807, 2.05) is 194 Å². The molecule has 17 aromatic rings. The summed E-state index contributed by atoms with van der Waals surface area (Å²) in [5.74, 6) is 0. The second kappa shape index (κ2) is 20.4. The van der Waals surface area contributed by atoms with Gasteiger partial charge in [0.1, 0.15) is 0 Å². The van der Waals surface area contributed by atoms with Crippen molar-refractivity contribution in [1.29, 1.82) is 0 Å². The molecule has 2 aliphatic heterocycles. The van der Waals surface area contributed by atoms with E-state index in [0.717, 1.165) is 0 Å². The van der Waals surface area contributed by atoms with Crippen LogP contribution >= 0.6 is 0 Å². The number of rotatable bonds is 6. The van der Waals surface area contributed by atoms with Gasteiger partial charge in [0.2, 0.25) is 0 Å². The highest BCUT2D eigenvalue weighted by atomic mass is 15.2.